The van der Waals surface area contributed by atoms with Crippen molar-refractivity contribution in [1.82, 2.24) is 19.8 Å². The van der Waals surface area contributed by atoms with Gasteiger partial charge in [-0.15, -0.1) is 0 Å². The minimum absolute atomic E-state index is 0.0355. The van der Waals surface area contributed by atoms with E-state index in [4.69, 9.17) is 4.74 Å². The number of carbonyl (C=O) groups excluding carboxylic acids is 1. The molecule has 1 saturated heterocycles. The molecule has 1 aromatic heterocycles. The molecule has 1 N–H and O–H groups in total. The zero-order valence-corrected chi connectivity index (χ0v) is 18.0. The summed E-state index contributed by atoms with van der Waals surface area (Å²) in [5.74, 6) is 0.213. The van der Waals surface area contributed by atoms with Crippen molar-refractivity contribution in [3.8, 4) is 0 Å². The third-order valence-electron chi connectivity index (χ3n) is 5.14. The first-order valence-corrected chi connectivity index (χ1v) is 11.3. The first kappa shape index (κ1) is 21.8. The van der Waals surface area contributed by atoms with Crippen molar-refractivity contribution in [2.24, 2.45) is 0 Å². The quantitative estimate of drug-likeness (QED) is 0.497. The van der Waals surface area contributed by atoms with Crippen molar-refractivity contribution in [2.75, 3.05) is 38.6 Å². The molecule has 1 aliphatic rings. The number of ether oxygens (including phenoxy) is 1. The summed E-state index contributed by atoms with van der Waals surface area (Å²) in [6, 6.07) is 7.53. The maximum Gasteiger partial charge on any atom is 0.262 e. The van der Waals surface area contributed by atoms with Crippen molar-refractivity contribution >= 4 is 28.6 Å². The van der Waals surface area contributed by atoms with Gasteiger partial charge in [0.05, 0.1) is 29.9 Å². The molecule has 3 rings (SSSR count). The lowest BCUT2D eigenvalue weighted by Gasteiger charge is -2.26. The molecule has 1 aromatic carbocycles. The van der Waals surface area contributed by atoms with E-state index in [1.807, 2.05) is 38.1 Å². The lowest BCUT2D eigenvalue weighted by Crippen LogP contribution is -2.37. The standard InChI is InChI=1S/C21H30N4O3S/c1-3-16(2)22-19(26)15-29-21-23-18-8-5-4-7-17(18)20(27)25(21)10-6-9-24-11-13-28-14-12-24/h4-5,7-8,16H,3,6,9-15H2,1-2H3,(H,22,26)/t16-/m0/s1. The van der Waals surface area contributed by atoms with E-state index in [9.17, 15) is 9.59 Å². The summed E-state index contributed by atoms with van der Waals surface area (Å²) in [4.78, 5) is 32.3. The third kappa shape index (κ3) is 6.04. The van der Waals surface area contributed by atoms with Crippen molar-refractivity contribution in [1.29, 1.82) is 0 Å². The van der Waals surface area contributed by atoms with Crippen LogP contribution in [0.3, 0.4) is 0 Å². The fraction of sp³-hybridized carbons (Fsp3) is 0.571. The highest BCUT2D eigenvalue weighted by molar-refractivity contribution is 7.99. The second kappa shape index (κ2) is 10.8. The molecule has 29 heavy (non-hydrogen) atoms. The predicted octanol–water partition coefficient (Wildman–Crippen LogP) is 2.13. The highest BCUT2D eigenvalue weighted by Gasteiger charge is 2.15. The maximum atomic E-state index is 13.1. The number of fused-ring (bicyclic) bond motifs is 1. The van der Waals surface area contributed by atoms with Crippen LogP contribution in [0, 0.1) is 0 Å². The Balaban J connectivity index is 1.74. The molecule has 0 spiro atoms. The molecule has 0 aliphatic carbocycles. The first-order chi connectivity index (χ1) is 14.1. The third-order valence-corrected chi connectivity index (χ3v) is 6.11. The number of nitrogens with zero attached hydrogens (tertiary/aromatic N) is 3. The van der Waals surface area contributed by atoms with Gasteiger partial charge in [-0.2, -0.15) is 0 Å². The second-order valence-corrected chi connectivity index (χ2v) is 8.28. The SMILES string of the molecule is CC[C@H](C)NC(=O)CSc1nc2ccccc2c(=O)n1CCCN1CCOCC1. The molecule has 2 aromatic rings. The van der Waals surface area contributed by atoms with E-state index < -0.39 is 0 Å². The zero-order chi connectivity index (χ0) is 20.6. The van der Waals surface area contributed by atoms with Gasteiger partial charge in [0.1, 0.15) is 0 Å². The van der Waals surface area contributed by atoms with Crippen LogP contribution in [0.4, 0.5) is 0 Å². The van der Waals surface area contributed by atoms with E-state index in [2.05, 4.69) is 15.2 Å². The molecule has 158 valence electrons. The minimum Gasteiger partial charge on any atom is -0.379 e. The van der Waals surface area contributed by atoms with Crippen LogP contribution in [0.1, 0.15) is 26.7 Å². The van der Waals surface area contributed by atoms with Gasteiger partial charge in [-0.05, 0) is 31.9 Å². The number of thioether (sulfide) groups is 1. The van der Waals surface area contributed by atoms with Gasteiger partial charge in [-0.1, -0.05) is 30.8 Å². The van der Waals surface area contributed by atoms with Crippen LogP contribution in [-0.4, -0.2) is 65.0 Å². The Morgan fingerprint density at radius 3 is 2.79 bits per heavy atom. The zero-order valence-electron chi connectivity index (χ0n) is 17.2. The molecule has 1 atom stereocenters. The first-order valence-electron chi connectivity index (χ1n) is 10.3. The number of nitrogens with one attached hydrogen (secondary N) is 1. The van der Waals surface area contributed by atoms with Crippen LogP contribution in [0.25, 0.3) is 10.9 Å². The molecule has 8 heteroatoms. The van der Waals surface area contributed by atoms with Gasteiger partial charge >= 0.3 is 0 Å². The molecular weight excluding hydrogens is 388 g/mol. The van der Waals surface area contributed by atoms with E-state index in [0.29, 0.717) is 22.6 Å². The predicted molar refractivity (Wildman–Crippen MR) is 116 cm³/mol. The van der Waals surface area contributed by atoms with Crippen molar-refractivity contribution < 1.29 is 9.53 Å². The van der Waals surface area contributed by atoms with Crippen LogP contribution in [0.2, 0.25) is 0 Å². The number of carbonyl (C=O) groups is 1. The van der Waals surface area contributed by atoms with Crippen LogP contribution in [0.5, 0.6) is 0 Å². The van der Waals surface area contributed by atoms with E-state index in [0.717, 1.165) is 45.7 Å². The Kier molecular flexibility index (Phi) is 8.09. The Morgan fingerprint density at radius 1 is 1.28 bits per heavy atom. The molecular formula is C21H30N4O3S. The molecule has 0 radical (unpaired) electrons. The summed E-state index contributed by atoms with van der Waals surface area (Å²) in [6.45, 7) is 8.93. The highest BCUT2D eigenvalue weighted by Crippen LogP contribution is 2.18. The number of aromatic nitrogens is 2. The molecule has 0 saturated carbocycles. The van der Waals surface area contributed by atoms with Gasteiger partial charge in [0, 0.05) is 32.2 Å². The van der Waals surface area contributed by atoms with Crippen molar-refractivity contribution in [2.45, 2.75) is 44.4 Å². The molecule has 1 amide bonds. The normalized spacial score (nSPS) is 16.1. The summed E-state index contributed by atoms with van der Waals surface area (Å²) in [5, 5.41) is 4.19. The van der Waals surface area contributed by atoms with Gasteiger partial charge in [-0.3, -0.25) is 19.1 Å². The Bertz CT molecular complexity index is 880. The average Bonchev–Trinajstić information content (AvgIpc) is 2.74. The van der Waals surface area contributed by atoms with Gasteiger partial charge in [0.15, 0.2) is 5.16 Å². The van der Waals surface area contributed by atoms with E-state index in [-0.39, 0.29) is 23.3 Å². The Hall–Kier alpha value is -1.90. The summed E-state index contributed by atoms with van der Waals surface area (Å²) < 4.78 is 7.12. The lowest BCUT2D eigenvalue weighted by molar-refractivity contribution is -0.119. The monoisotopic (exact) mass is 418 g/mol. The molecule has 0 bridgehead atoms. The molecule has 1 fully saturated rings. The number of rotatable bonds is 9. The summed E-state index contributed by atoms with van der Waals surface area (Å²) >= 11 is 1.33. The number of hydrogen-bond donors (Lipinski definition) is 1. The fourth-order valence-electron chi connectivity index (χ4n) is 3.28. The Morgan fingerprint density at radius 2 is 2.03 bits per heavy atom. The topological polar surface area (TPSA) is 76.5 Å². The number of hydrogen-bond acceptors (Lipinski definition) is 6. The summed E-state index contributed by atoms with van der Waals surface area (Å²) in [6.07, 6.45) is 1.74. The minimum atomic E-state index is -0.0394. The fourth-order valence-corrected chi connectivity index (χ4v) is 4.12. The lowest BCUT2D eigenvalue weighted by atomic mass is 10.2. The number of amides is 1. The van der Waals surface area contributed by atoms with Gasteiger partial charge in [-0.25, -0.2) is 4.98 Å². The molecule has 0 unspecified atom stereocenters. The molecule has 7 nitrogen and oxygen atoms in total. The van der Waals surface area contributed by atoms with Gasteiger partial charge < -0.3 is 10.1 Å². The number of benzene rings is 1. The Labute approximate surface area is 175 Å². The van der Waals surface area contributed by atoms with Crippen LogP contribution < -0.4 is 10.9 Å². The van der Waals surface area contributed by atoms with Crippen molar-refractivity contribution in [3.05, 3.63) is 34.6 Å². The molecule has 2 heterocycles. The van der Waals surface area contributed by atoms with Crippen LogP contribution in [0.15, 0.2) is 34.2 Å². The second-order valence-electron chi connectivity index (χ2n) is 7.34. The van der Waals surface area contributed by atoms with Crippen LogP contribution in [-0.2, 0) is 16.1 Å². The largest absolute Gasteiger partial charge is 0.379 e. The molecule has 1 aliphatic heterocycles. The van der Waals surface area contributed by atoms with E-state index in [1.165, 1.54) is 11.8 Å². The maximum absolute atomic E-state index is 13.1. The van der Waals surface area contributed by atoms with E-state index in [1.54, 1.807) is 4.57 Å². The van der Waals surface area contributed by atoms with Crippen molar-refractivity contribution in [3.63, 3.8) is 0 Å². The smallest absolute Gasteiger partial charge is 0.262 e. The summed E-state index contributed by atoms with van der Waals surface area (Å²) in [7, 11) is 0. The summed E-state index contributed by atoms with van der Waals surface area (Å²) in [5.41, 5.74) is 0.633. The van der Waals surface area contributed by atoms with E-state index >= 15 is 0 Å². The van der Waals surface area contributed by atoms with Gasteiger partial charge in [0.2, 0.25) is 5.91 Å². The number of morpholine rings is 1. The highest BCUT2D eigenvalue weighted by atomic mass is 32.2. The average molecular weight is 419 g/mol. The van der Waals surface area contributed by atoms with Crippen LogP contribution >= 0.6 is 11.8 Å². The number of para-hydroxylation sites is 1. The van der Waals surface area contributed by atoms with Gasteiger partial charge in [0.25, 0.3) is 5.56 Å².